The van der Waals surface area contributed by atoms with Gasteiger partial charge in [-0.3, -0.25) is 4.90 Å². The van der Waals surface area contributed by atoms with E-state index in [4.69, 9.17) is 0 Å². The summed E-state index contributed by atoms with van der Waals surface area (Å²) < 4.78 is 0. The summed E-state index contributed by atoms with van der Waals surface area (Å²) in [6.45, 7) is 13.2. The molecule has 4 rings (SSSR count). The van der Waals surface area contributed by atoms with Crippen molar-refractivity contribution in [1.82, 2.24) is 20.0 Å². The van der Waals surface area contributed by atoms with Gasteiger partial charge in [-0.1, -0.05) is 30.3 Å². The monoisotopic (exact) mass is 316 g/mol. The van der Waals surface area contributed by atoms with Gasteiger partial charge in [0.2, 0.25) is 0 Å². The van der Waals surface area contributed by atoms with Gasteiger partial charge in [0.1, 0.15) is 0 Å². The third-order valence-electron chi connectivity index (χ3n) is 5.10. The Morgan fingerprint density at radius 2 is 1.39 bits per heavy atom. The Kier molecular flexibility index (Phi) is 6.89. The van der Waals surface area contributed by atoms with Crippen molar-refractivity contribution in [3.05, 3.63) is 35.9 Å². The van der Waals surface area contributed by atoms with Gasteiger partial charge < -0.3 is 15.1 Å². The van der Waals surface area contributed by atoms with Gasteiger partial charge in [0.25, 0.3) is 0 Å². The summed E-state index contributed by atoms with van der Waals surface area (Å²) >= 11 is 0. The van der Waals surface area contributed by atoms with E-state index in [0.717, 1.165) is 26.2 Å². The van der Waals surface area contributed by atoms with Crippen molar-refractivity contribution in [1.29, 1.82) is 0 Å². The number of hydrogen-bond donors (Lipinski definition) is 1. The van der Waals surface area contributed by atoms with Gasteiger partial charge in [-0.15, -0.1) is 0 Å². The molecular formula is C19H32N4. The average molecular weight is 316 g/mol. The second-order valence-electron chi connectivity index (χ2n) is 6.90. The van der Waals surface area contributed by atoms with E-state index in [9.17, 15) is 0 Å². The zero-order valence-electron chi connectivity index (χ0n) is 14.4. The van der Waals surface area contributed by atoms with Crippen LogP contribution in [0.3, 0.4) is 0 Å². The van der Waals surface area contributed by atoms with Crippen LogP contribution in [0.5, 0.6) is 0 Å². The SMILES string of the molecule is c1ccc(CN2CCCN3CCN(CCCNCC2)CC3)cc1. The minimum atomic E-state index is 1.08. The Hall–Kier alpha value is -0.940. The lowest BCUT2D eigenvalue weighted by molar-refractivity contribution is 0.123. The molecule has 1 aromatic carbocycles. The van der Waals surface area contributed by atoms with Crippen molar-refractivity contribution in [2.24, 2.45) is 0 Å². The molecule has 0 amide bonds. The quantitative estimate of drug-likeness (QED) is 0.892. The number of rotatable bonds is 2. The van der Waals surface area contributed by atoms with Crippen LogP contribution in [0.25, 0.3) is 0 Å². The summed E-state index contributed by atoms with van der Waals surface area (Å²) in [4.78, 5) is 7.90. The van der Waals surface area contributed by atoms with Crippen molar-refractivity contribution in [3.63, 3.8) is 0 Å². The normalized spacial score (nSPS) is 28.3. The molecule has 0 saturated carbocycles. The first-order valence-corrected chi connectivity index (χ1v) is 9.32. The summed E-state index contributed by atoms with van der Waals surface area (Å²) in [6, 6.07) is 10.9. The molecule has 0 atom stereocenters. The third kappa shape index (κ3) is 5.88. The molecule has 3 aliphatic rings. The van der Waals surface area contributed by atoms with Gasteiger partial charge in [0.05, 0.1) is 0 Å². The molecule has 2 bridgehead atoms. The fourth-order valence-electron chi connectivity index (χ4n) is 3.66. The first-order valence-electron chi connectivity index (χ1n) is 9.32. The summed E-state index contributed by atoms with van der Waals surface area (Å²) in [5.41, 5.74) is 1.43. The Labute approximate surface area is 141 Å². The van der Waals surface area contributed by atoms with Crippen molar-refractivity contribution in [2.75, 3.05) is 65.4 Å². The maximum Gasteiger partial charge on any atom is 0.0234 e. The van der Waals surface area contributed by atoms with Crippen LogP contribution >= 0.6 is 0 Å². The van der Waals surface area contributed by atoms with Gasteiger partial charge in [-0.2, -0.15) is 0 Å². The molecule has 3 heterocycles. The van der Waals surface area contributed by atoms with E-state index in [0.29, 0.717) is 0 Å². The Balaban J connectivity index is 1.52. The van der Waals surface area contributed by atoms with E-state index in [1.54, 1.807) is 0 Å². The van der Waals surface area contributed by atoms with Gasteiger partial charge in [0.15, 0.2) is 0 Å². The molecule has 0 unspecified atom stereocenters. The molecule has 1 aromatic rings. The lowest BCUT2D eigenvalue weighted by atomic mass is 10.2. The lowest BCUT2D eigenvalue weighted by Gasteiger charge is -2.35. The summed E-state index contributed by atoms with van der Waals surface area (Å²) in [6.07, 6.45) is 2.56. The maximum absolute atomic E-state index is 3.63. The Bertz CT molecular complexity index is 426. The molecule has 0 aromatic heterocycles. The Morgan fingerprint density at radius 1 is 0.696 bits per heavy atom. The number of benzene rings is 1. The molecule has 23 heavy (non-hydrogen) atoms. The minimum Gasteiger partial charge on any atom is -0.315 e. The molecule has 1 N–H and O–H groups in total. The van der Waals surface area contributed by atoms with Crippen LogP contribution in [-0.4, -0.2) is 80.1 Å². The number of hydrogen-bond acceptors (Lipinski definition) is 4. The second kappa shape index (κ2) is 9.38. The number of fused-ring (bicyclic) bond motifs is 11. The molecule has 3 aliphatic heterocycles. The fraction of sp³-hybridized carbons (Fsp3) is 0.684. The summed E-state index contributed by atoms with van der Waals surface area (Å²) in [5.74, 6) is 0. The Morgan fingerprint density at radius 3 is 2.13 bits per heavy atom. The first kappa shape index (κ1) is 16.9. The molecular weight excluding hydrogens is 284 g/mol. The molecule has 4 heteroatoms. The molecule has 0 aliphatic carbocycles. The molecule has 3 saturated heterocycles. The molecule has 0 radical (unpaired) electrons. The van der Waals surface area contributed by atoms with Crippen LogP contribution in [0.15, 0.2) is 30.3 Å². The van der Waals surface area contributed by atoms with Gasteiger partial charge in [-0.05, 0) is 44.6 Å². The van der Waals surface area contributed by atoms with E-state index >= 15 is 0 Å². The summed E-state index contributed by atoms with van der Waals surface area (Å²) in [5, 5.41) is 3.63. The molecule has 128 valence electrons. The van der Waals surface area contributed by atoms with Gasteiger partial charge in [0, 0.05) is 45.8 Å². The molecule has 4 nitrogen and oxygen atoms in total. The number of nitrogens with one attached hydrogen (secondary N) is 1. The van der Waals surface area contributed by atoms with Crippen LogP contribution < -0.4 is 5.32 Å². The van der Waals surface area contributed by atoms with E-state index in [1.807, 2.05) is 0 Å². The zero-order chi connectivity index (χ0) is 15.7. The van der Waals surface area contributed by atoms with Crippen LogP contribution in [0.1, 0.15) is 18.4 Å². The second-order valence-corrected chi connectivity index (χ2v) is 6.90. The van der Waals surface area contributed by atoms with Crippen molar-refractivity contribution < 1.29 is 0 Å². The molecule has 0 spiro atoms. The topological polar surface area (TPSA) is 21.8 Å². The van der Waals surface area contributed by atoms with E-state index in [2.05, 4.69) is 50.3 Å². The van der Waals surface area contributed by atoms with E-state index in [-0.39, 0.29) is 0 Å². The van der Waals surface area contributed by atoms with Gasteiger partial charge in [-0.25, -0.2) is 0 Å². The maximum atomic E-state index is 3.63. The number of nitrogens with zero attached hydrogens (tertiary/aromatic N) is 3. The highest BCUT2D eigenvalue weighted by Crippen LogP contribution is 2.07. The third-order valence-corrected chi connectivity index (χ3v) is 5.10. The first-order chi connectivity index (χ1) is 11.4. The predicted molar refractivity (Wildman–Crippen MR) is 96.7 cm³/mol. The van der Waals surface area contributed by atoms with Crippen LogP contribution in [-0.2, 0) is 6.54 Å². The minimum absolute atomic E-state index is 1.08. The van der Waals surface area contributed by atoms with Crippen molar-refractivity contribution >= 4 is 0 Å². The largest absolute Gasteiger partial charge is 0.315 e. The highest BCUT2D eigenvalue weighted by molar-refractivity contribution is 5.14. The highest BCUT2D eigenvalue weighted by atomic mass is 15.3. The van der Waals surface area contributed by atoms with E-state index < -0.39 is 0 Å². The van der Waals surface area contributed by atoms with E-state index in [1.165, 1.54) is 64.2 Å². The van der Waals surface area contributed by atoms with Crippen LogP contribution in [0.4, 0.5) is 0 Å². The average Bonchev–Trinajstić information content (AvgIpc) is 2.59. The highest BCUT2D eigenvalue weighted by Gasteiger charge is 2.16. The number of piperazine rings is 1. The van der Waals surface area contributed by atoms with Crippen molar-refractivity contribution in [2.45, 2.75) is 19.4 Å². The smallest absolute Gasteiger partial charge is 0.0234 e. The standard InChI is InChI=1S/C19H32N4/c1-2-6-19(7-3-1)18-23-12-5-11-22-16-14-21(15-17-22)10-4-8-20-9-13-23/h1-3,6-7,20H,4-5,8-18H2. The van der Waals surface area contributed by atoms with Gasteiger partial charge >= 0.3 is 0 Å². The van der Waals surface area contributed by atoms with Crippen LogP contribution in [0, 0.1) is 0 Å². The van der Waals surface area contributed by atoms with Crippen molar-refractivity contribution in [3.8, 4) is 0 Å². The van der Waals surface area contributed by atoms with Crippen LogP contribution in [0.2, 0.25) is 0 Å². The summed E-state index contributed by atoms with van der Waals surface area (Å²) in [7, 11) is 0. The fourth-order valence-corrected chi connectivity index (χ4v) is 3.66. The zero-order valence-corrected chi connectivity index (χ0v) is 14.4. The molecule has 3 fully saturated rings. The predicted octanol–water partition coefficient (Wildman–Crippen LogP) is 1.49. The lowest BCUT2D eigenvalue weighted by Crippen LogP contribution is -2.47.